The number of amides is 1. The Morgan fingerprint density at radius 1 is 1.00 bits per heavy atom. The maximum Gasteiger partial charge on any atom is 0.262 e. The Hall–Kier alpha value is -2.66. The third kappa shape index (κ3) is 6.39. The van der Waals surface area contributed by atoms with Crippen molar-refractivity contribution in [2.24, 2.45) is 0 Å². The first-order valence-corrected chi connectivity index (χ1v) is 8.21. The van der Waals surface area contributed by atoms with Crippen molar-refractivity contribution >= 4 is 17.4 Å². The van der Waals surface area contributed by atoms with Gasteiger partial charge in [0.25, 0.3) is 5.91 Å². The normalized spacial score (nSPS) is 10.6. The predicted octanol–water partition coefficient (Wildman–Crippen LogP) is 3.01. The zero-order valence-electron chi connectivity index (χ0n) is 14.9. The molecule has 0 unspecified atom stereocenters. The molecule has 0 atom stereocenters. The van der Waals surface area contributed by atoms with Gasteiger partial charge in [-0.1, -0.05) is 12.1 Å². The molecule has 132 valence electrons. The molecule has 0 spiro atoms. The van der Waals surface area contributed by atoms with Crippen molar-refractivity contribution in [3.05, 3.63) is 59.7 Å². The minimum Gasteiger partial charge on any atom is -0.484 e. The molecule has 0 bridgehead atoms. The van der Waals surface area contributed by atoms with Gasteiger partial charge in [0.15, 0.2) is 12.4 Å². The molecule has 0 radical (unpaired) electrons. The molecule has 5 heteroatoms. The molecule has 1 N–H and O–H groups in total. The second-order valence-electron chi connectivity index (χ2n) is 6.17. The Labute approximate surface area is 148 Å². The van der Waals surface area contributed by atoms with E-state index in [4.69, 9.17) is 4.74 Å². The summed E-state index contributed by atoms with van der Waals surface area (Å²) in [5.74, 6) is 0.328. The average Bonchev–Trinajstić information content (AvgIpc) is 2.59. The zero-order valence-corrected chi connectivity index (χ0v) is 14.9. The number of ketones is 1. The lowest BCUT2D eigenvalue weighted by molar-refractivity contribution is -0.118. The van der Waals surface area contributed by atoms with E-state index in [0.717, 1.165) is 18.7 Å². The van der Waals surface area contributed by atoms with Crippen molar-refractivity contribution in [2.45, 2.75) is 13.3 Å². The van der Waals surface area contributed by atoms with Gasteiger partial charge in [0.05, 0.1) is 0 Å². The molecule has 2 rings (SSSR count). The fourth-order valence-electron chi connectivity index (χ4n) is 2.24. The summed E-state index contributed by atoms with van der Waals surface area (Å²) in [6, 6.07) is 14.5. The summed E-state index contributed by atoms with van der Waals surface area (Å²) in [6.45, 7) is 2.42. The summed E-state index contributed by atoms with van der Waals surface area (Å²) in [5, 5.41) is 2.81. The fraction of sp³-hybridized carbons (Fsp3) is 0.300. The van der Waals surface area contributed by atoms with Crippen LogP contribution in [0.15, 0.2) is 48.5 Å². The molecule has 0 aliphatic carbocycles. The van der Waals surface area contributed by atoms with E-state index in [2.05, 4.69) is 10.2 Å². The molecule has 0 saturated heterocycles. The third-order valence-corrected chi connectivity index (χ3v) is 3.72. The largest absolute Gasteiger partial charge is 0.484 e. The molecule has 0 heterocycles. The van der Waals surface area contributed by atoms with E-state index < -0.39 is 0 Å². The number of hydrogen-bond donors (Lipinski definition) is 1. The second-order valence-corrected chi connectivity index (χ2v) is 6.17. The molecule has 0 aromatic heterocycles. The van der Waals surface area contributed by atoms with E-state index in [1.54, 1.807) is 24.3 Å². The van der Waals surface area contributed by atoms with Crippen LogP contribution in [-0.2, 0) is 11.2 Å². The summed E-state index contributed by atoms with van der Waals surface area (Å²) in [6.07, 6.45) is 0.973. The van der Waals surface area contributed by atoms with Crippen molar-refractivity contribution in [3.8, 4) is 5.75 Å². The number of carbonyl (C=O) groups is 2. The first kappa shape index (κ1) is 18.7. The number of anilines is 1. The van der Waals surface area contributed by atoms with Crippen LogP contribution in [0, 0.1) is 0 Å². The molecule has 5 nitrogen and oxygen atoms in total. The fourth-order valence-corrected chi connectivity index (χ4v) is 2.24. The Bertz CT molecular complexity index is 707. The topological polar surface area (TPSA) is 58.6 Å². The van der Waals surface area contributed by atoms with E-state index in [0.29, 0.717) is 11.3 Å². The summed E-state index contributed by atoms with van der Waals surface area (Å²) < 4.78 is 5.43. The monoisotopic (exact) mass is 340 g/mol. The molecule has 0 saturated carbocycles. The summed E-state index contributed by atoms with van der Waals surface area (Å²) in [5.41, 5.74) is 2.59. The van der Waals surface area contributed by atoms with Crippen LogP contribution < -0.4 is 10.1 Å². The molecular weight excluding hydrogens is 316 g/mol. The first-order valence-electron chi connectivity index (χ1n) is 8.21. The van der Waals surface area contributed by atoms with Crippen LogP contribution in [0.25, 0.3) is 0 Å². The number of carbonyl (C=O) groups excluding carboxylic acids is 2. The van der Waals surface area contributed by atoms with Crippen LogP contribution in [-0.4, -0.2) is 43.8 Å². The van der Waals surface area contributed by atoms with E-state index in [9.17, 15) is 9.59 Å². The van der Waals surface area contributed by atoms with Crippen molar-refractivity contribution in [2.75, 3.05) is 32.6 Å². The Morgan fingerprint density at radius 2 is 1.64 bits per heavy atom. The minimum atomic E-state index is -0.225. The highest BCUT2D eigenvalue weighted by atomic mass is 16.5. The average molecular weight is 340 g/mol. The second kappa shape index (κ2) is 8.99. The Morgan fingerprint density at radius 3 is 2.20 bits per heavy atom. The first-order chi connectivity index (χ1) is 11.9. The van der Waals surface area contributed by atoms with Gasteiger partial charge < -0.3 is 15.0 Å². The standard InChI is InChI=1S/C20H24N2O3/c1-15(23)17-6-10-19(11-7-17)25-14-20(24)21-18-8-4-16(5-9-18)12-13-22(2)3/h4-11H,12-14H2,1-3H3,(H,21,24). The minimum absolute atomic E-state index is 0.00155. The van der Waals surface area contributed by atoms with Gasteiger partial charge in [-0.3, -0.25) is 9.59 Å². The van der Waals surface area contributed by atoms with Crippen LogP contribution in [0.3, 0.4) is 0 Å². The molecule has 2 aromatic rings. The number of hydrogen-bond acceptors (Lipinski definition) is 4. The highest BCUT2D eigenvalue weighted by Gasteiger charge is 2.05. The van der Waals surface area contributed by atoms with Crippen molar-refractivity contribution < 1.29 is 14.3 Å². The smallest absolute Gasteiger partial charge is 0.262 e. The highest BCUT2D eigenvalue weighted by Crippen LogP contribution is 2.13. The number of Topliss-reactive ketones (excluding diaryl/α,β-unsaturated/α-hetero) is 1. The summed E-state index contributed by atoms with van der Waals surface area (Å²) in [7, 11) is 4.09. The number of likely N-dealkylation sites (N-methyl/N-ethyl adjacent to an activating group) is 1. The third-order valence-electron chi connectivity index (χ3n) is 3.72. The molecule has 0 fully saturated rings. The Kier molecular flexibility index (Phi) is 6.71. The van der Waals surface area contributed by atoms with E-state index in [1.165, 1.54) is 12.5 Å². The number of nitrogens with one attached hydrogen (secondary N) is 1. The summed E-state index contributed by atoms with van der Waals surface area (Å²) in [4.78, 5) is 25.3. The lowest BCUT2D eigenvalue weighted by atomic mass is 10.1. The Balaban J connectivity index is 1.80. The van der Waals surface area contributed by atoms with Gasteiger partial charge in [0.2, 0.25) is 0 Å². The molecule has 0 aliphatic heterocycles. The van der Waals surface area contributed by atoms with Crippen LogP contribution in [0.2, 0.25) is 0 Å². The van der Waals surface area contributed by atoms with E-state index in [1.807, 2.05) is 38.4 Å². The maximum absolute atomic E-state index is 12.0. The van der Waals surface area contributed by atoms with Gasteiger partial charge in [-0.25, -0.2) is 0 Å². The molecule has 2 aromatic carbocycles. The molecule has 25 heavy (non-hydrogen) atoms. The van der Waals surface area contributed by atoms with Crippen LogP contribution in [0.5, 0.6) is 5.75 Å². The van der Waals surface area contributed by atoms with Gasteiger partial charge in [-0.05, 0) is 69.4 Å². The van der Waals surface area contributed by atoms with Gasteiger partial charge >= 0.3 is 0 Å². The summed E-state index contributed by atoms with van der Waals surface area (Å²) >= 11 is 0. The van der Waals surface area contributed by atoms with Crippen molar-refractivity contribution in [1.29, 1.82) is 0 Å². The van der Waals surface area contributed by atoms with Gasteiger partial charge in [-0.15, -0.1) is 0 Å². The quantitative estimate of drug-likeness (QED) is 0.751. The molecule has 1 amide bonds. The van der Waals surface area contributed by atoms with Crippen molar-refractivity contribution in [3.63, 3.8) is 0 Å². The van der Waals surface area contributed by atoms with Crippen molar-refractivity contribution in [1.82, 2.24) is 4.90 Å². The van der Waals surface area contributed by atoms with Crippen LogP contribution in [0.1, 0.15) is 22.8 Å². The lowest BCUT2D eigenvalue weighted by Gasteiger charge is -2.10. The predicted molar refractivity (Wildman–Crippen MR) is 99.3 cm³/mol. The number of rotatable bonds is 8. The zero-order chi connectivity index (χ0) is 18.2. The van der Waals surface area contributed by atoms with Crippen LogP contribution >= 0.6 is 0 Å². The van der Waals surface area contributed by atoms with Gasteiger partial charge in [-0.2, -0.15) is 0 Å². The van der Waals surface area contributed by atoms with Crippen LogP contribution in [0.4, 0.5) is 5.69 Å². The number of ether oxygens (including phenoxy) is 1. The SMILES string of the molecule is CC(=O)c1ccc(OCC(=O)Nc2ccc(CCN(C)C)cc2)cc1. The maximum atomic E-state index is 12.0. The van der Waals surface area contributed by atoms with Gasteiger partial charge in [0, 0.05) is 17.8 Å². The number of benzene rings is 2. The number of nitrogens with zero attached hydrogens (tertiary/aromatic N) is 1. The molecular formula is C20H24N2O3. The lowest BCUT2D eigenvalue weighted by Crippen LogP contribution is -2.20. The highest BCUT2D eigenvalue weighted by molar-refractivity contribution is 5.94. The van der Waals surface area contributed by atoms with Gasteiger partial charge in [0.1, 0.15) is 5.75 Å². The molecule has 0 aliphatic rings. The van der Waals surface area contributed by atoms with E-state index in [-0.39, 0.29) is 18.3 Å². The van der Waals surface area contributed by atoms with E-state index >= 15 is 0 Å².